The van der Waals surface area contributed by atoms with Crippen LogP contribution in [0.5, 0.6) is 0 Å². The summed E-state index contributed by atoms with van der Waals surface area (Å²) in [6.45, 7) is 1.61. The van der Waals surface area contributed by atoms with E-state index in [2.05, 4.69) is 15.3 Å². The van der Waals surface area contributed by atoms with Crippen molar-refractivity contribution in [1.82, 2.24) is 14.3 Å². The summed E-state index contributed by atoms with van der Waals surface area (Å²) in [6, 6.07) is 6.77. The molecule has 0 spiro atoms. The van der Waals surface area contributed by atoms with E-state index in [0.717, 1.165) is 10.2 Å². The number of thiophene rings is 1. The molecule has 1 aliphatic rings. The molecule has 1 aromatic carbocycles. The maximum absolute atomic E-state index is 14.6. The summed E-state index contributed by atoms with van der Waals surface area (Å²) in [7, 11) is -3.20. The van der Waals surface area contributed by atoms with E-state index in [1.165, 1.54) is 16.6 Å². The summed E-state index contributed by atoms with van der Waals surface area (Å²) in [4.78, 5) is 10.5. The SMILES string of the molecule is CS(=O)(=O)N1CCN(c2ccc(Nc3ncc4sccc4n3)cc2F)CC1. The van der Waals surface area contributed by atoms with E-state index in [1.54, 1.807) is 29.7 Å². The average Bonchev–Trinajstić information content (AvgIpc) is 3.09. The lowest BCUT2D eigenvalue weighted by atomic mass is 10.2. The molecule has 0 amide bonds. The van der Waals surface area contributed by atoms with Crippen molar-refractivity contribution in [2.75, 3.05) is 42.7 Å². The van der Waals surface area contributed by atoms with Crippen molar-refractivity contribution >= 4 is 48.9 Å². The lowest BCUT2D eigenvalue weighted by molar-refractivity contribution is 0.386. The summed E-state index contributed by atoms with van der Waals surface area (Å²) < 4.78 is 40.2. The molecule has 1 saturated heterocycles. The molecule has 0 unspecified atom stereocenters. The molecule has 0 bridgehead atoms. The normalized spacial score (nSPS) is 16.0. The molecule has 27 heavy (non-hydrogen) atoms. The van der Waals surface area contributed by atoms with Gasteiger partial charge in [0.25, 0.3) is 0 Å². The first-order chi connectivity index (χ1) is 12.9. The lowest BCUT2D eigenvalue weighted by Gasteiger charge is -2.34. The number of benzene rings is 1. The Bertz CT molecular complexity index is 1080. The number of sulfonamides is 1. The Morgan fingerprint density at radius 2 is 1.96 bits per heavy atom. The molecule has 2 aromatic heterocycles. The van der Waals surface area contributed by atoms with E-state index in [-0.39, 0.29) is 5.82 Å². The monoisotopic (exact) mass is 407 g/mol. The second kappa shape index (κ2) is 7.02. The van der Waals surface area contributed by atoms with Gasteiger partial charge in [-0.2, -0.15) is 4.31 Å². The number of rotatable bonds is 4. The molecule has 1 aliphatic heterocycles. The van der Waals surface area contributed by atoms with Crippen LogP contribution >= 0.6 is 11.3 Å². The van der Waals surface area contributed by atoms with Crippen LogP contribution in [0.3, 0.4) is 0 Å². The topological polar surface area (TPSA) is 78.4 Å². The highest BCUT2D eigenvalue weighted by Gasteiger charge is 2.24. The van der Waals surface area contributed by atoms with Gasteiger partial charge in [0.05, 0.1) is 28.4 Å². The number of fused-ring (bicyclic) bond motifs is 1. The smallest absolute Gasteiger partial charge is 0.227 e. The maximum atomic E-state index is 14.6. The largest absolute Gasteiger partial charge is 0.367 e. The zero-order valence-electron chi connectivity index (χ0n) is 14.6. The van der Waals surface area contributed by atoms with Crippen LogP contribution in [0.25, 0.3) is 10.2 Å². The summed E-state index contributed by atoms with van der Waals surface area (Å²) in [5.74, 6) is 0.0410. The van der Waals surface area contributed by atoms with Crippen LogP contribution in [0.2, 0.25) is 0 Å². The van der Waals surface area contributed by atoms with Gasteiger partial charge in [0.15, 0.2) is 0 Å². The fourth-order valence-electron chi connectivity index (χ4n) is 3.06. The minimum Gasteiger partial charge on any atom is -0.367 e. The predicted molar refractivity (Wildman–Crippen MR) is 106 cm³/mol. The Morgan fingerprint density at radius 1 is 1.19 bits per heavy atom. The maximum Gasteiger partial charge on any atom is 0.227 e. The van der Waals surface area contributed by atoms with Gasteiger partial charge in [-0.25, -0.2) is 22.8 Å². The van der Waals surface area contributed by atoms with Crippen molar-refractivity contribution in [3.05, 3.63) is 41.7 Å². The Hall–Kier alpha value is -2.30. The van der Waals surface area contributed by atoms with Gasteiger partial charge in [0, 0.05) is 31.9 Å². The quantitative estimate of drug-likeness (QED) is 0.716. The second-order valence-corrected chi connectivity index (χ2v) is 9.23. The summed E-state index contributed by atoms with van der Waals surface area (Å²) in [6.07, 6.45) is 2.93. The molecule has 3 aromatic rings. The average molecular weight is 407 g/mol. The first-order valence-corrected chi connectivity index (χ1v) is 11.1. The van der Waals surface area contributed by atoms with Crippen LogP contribution in [0.15, 0.2) is 35.8 Å². The molecule has 7 nitrogen and oxygen atoms in total. The van der Waals surface area contributed by atoms with Crippen molar-refractivity contribution in [2.24, 2.45) is 0 Å². The van der Waals surface area contributed by atoms with Crippen molar-refractivity contribution < 1.29 is 12.8 Å². The highest BCUT2D eigenvalue weighted by atomic mass is 32.2. The van der Waals surface area contributed by atoms with Crippen LogP contribution in [0.4, 0.5) is 21.7 Å². The van der Waals surface area contributed by atoms with Gasteiger partial charge in [-0.1, -0.05) is 0 Å². The minimum absolute atomic E-state index is 0.354. The van der Waals surface area contributed by atoms with Crippen LogP contribution in [-0.4, -0.2) is 55.1 Å². The van der Waals surface area contributed by atoms with Gasteiger partial charge < -0.3 is 10.2 Å². The Kier molecular flexibility index (Phi) is 4.70. The number of hydrogen-bond acceptors (Lipinski definition) is 7. The zero-order chi connectivity index (χ0) is 19.0. The first kappa shape index (κ1) is 18.1. The number of anilines is 3. The Morgan fingerprint density at radius 3 is 2.67 bits per heavy atom. The number of nitrogens with one attached hydrogen (secondary N) is 1. The van der Waals surface area contributed by atoms with E-state index in [4.69, 9.17) is 0 Å². The second-order valence-electron chi connectivity index (χ2n) is 6.30. The zero-order valence-corrected chi connectivity index (χ0v) is 16.2. The number of hydrogen-bond donors (Lipinski definition) is 1. The molecular weight excluding hydrogens is 389 g/mol. The molecule has 1 fully saturated rings. The number of nitrogens with zero attached hydrogens (tertiary/aromatic N) is 4. The number of halogens is 1. The lowest BCUT2D eigenvalue weighted by Crippen LogP contribution is -2.48. The first-order valence-electron chi connectivity index (χ1n) is 8.37. The molecule has 0 saturated carbocycles. The van der Waals surface area contributed by atoms with Crippen LogP contribution in [0, 0.1) is 5.82 Å². The molecule has 3 heterocycles. The highest BCUT2D eigenvalue weighted by molar-refractivity contribution is 7.88. The highest BCUT2D eigenvalue weighted by Crippen LogP contribution is 2.26. The molecule has 142 valence electrons. The van der Waals surface area contributed by atoms with Gasteiger partial charge in [-0.15, -0.1) is 11.3 Å². The fourth-order valence-corrected chi connectivity index (χ4v) is 4.58. The molecule has 0 aliphatic carbocycles. The van der Waals surface area contributed by atoms with E-state index in [1.807, 2.05) is 16.3 Å². The van der Waals surface area contributed by atoms with E-state index < -0.39 is 10.0 Å². The third-order valence-corrected chi connectivity index (χ3v) is 6.60. The summed E-state index contributed by atoms with van der Waals surface area (Å²) in [5, 5.41) is 4.97. The van der Waals surface area contributed by atoms with Crippen LogP contribution in [0.1, 0.15) is 0 Å². The van der Waals surface area contributed by atoms with E-state index >= 15 is 0 Å². The molecule has 10 heteroatoms. The Labute approximate surface area is 160 Å². The standard InChI is InChI=1S/C17H18FN5O2S2/c1-27(24,25)23-7-5-22(6-8-23)15-3-2-12(10-13(15)18)20-17-19-11-16-14(21-17)4-9-26-16/h2-4,9-11H,5-8H2,1H3,(H,19,20,21). The summed E-state index contributed by atoms with van der Waals surface area (Å²) in [5.41, 5.74) is 1.86. The third-order valence-electron chi connectivity index (χ3n) is 4.46. The van der Waals surface area contributed by atoms with Crippen molar-refractivity contribution in [3.63, 3.8) is 0 Å². The van der Waals surface area contributed by atoms with Crippen LogP contribution < -0.4 is 10.2 Å². The fraction of sp³-hybridized carbons (Fsp3) is 0.294. The Balaban J connectivity index is 1.48. The van der Waals surface area contributed by atoms with Crippen molar-refractivity contribution in [1.29, 1.82) is 0 Å². The van der Waals surface area contributed by atoms with Crippen LogP contribution in [-0.2, 0) is 10.0 Å². The number of aromatic nitrogens is 2. The van der Waals surface area contributed by atoms with Gasteiger partial charge in [0.1, 0.15) is 5.82 Å². The molecule has 4 rings (SSSR count). The van der Waals surface area contributed by atoms with E-state index in [0.29, 0.717) is 43.5 Å². The van der Waals surface area contributed by atoms with Gasteiger partial charge >= 0.3 is 0 Å². The third kappa shape index (κ3) is 3.87. The van der Waals surface area contributed by atoms with Gasteiger partial charge in [-0.3, -0.25) is 0 Å². The predicted octanol–water partition coefficient (Wildman–Crippen LogP) is 2.66. The van der Waals surface area contributed by atoms with Crippen molar-refractivity contribution in [2.45, 2.75) is 0 Å². The molecular formula is C17H18FN5O2S2. The molecule has 1 N–H and O–H groups in total. The van der Waals surface area contributed by atoms with Gasteiger partial charge in [-0.05, 0) is 29.6 Å². The van der Waals surface area contributed by atoms with Crippen molar-refractivity contribution in [3.8, 4) is 0 Å². The van der Waals surface area contributed by atoms with E-state index in [9.17, 15) is 12.8 Å². The van der Waals surface area contributed by atoms with Gasteiger partial charge in [0.2, 0.25) is 16.0 Å². The minimum atomic E-state index is -3.20. The summed E-state index contributed by atoms with van der Waals surface area (Å²) >= 11 is 1.56. The molecule has 0 atom stereocenters. The molecule has 0 radical (unpaired) electrons. The number of piperazine rings is 1.